The molecule has 8 heteroatoms. The van der Waals surface area contributed by atoms with Gasteiger partial charge in [0.15, 0.2) is 5.72 Å². The Kier molecular flexibility index (Phi) is 3.59. The van der Waals surface area contributed by atoms with E-state index >= 15 is 0 Å². The molecular weight excluding hydrogens is 256 g/mol. The van der Waals surface area contributed by atoms with Crippen LogP contribution in [-0.4, -0.2) is 51.8 Å². The Morgan fingerprint density at radius 2 is 2.26 bits per heavy atom. The molecule has 0 amide bonds. The fourth-order valence-electron chi connectivity index (χ4n) is 2.42. The van der Waals surface area contributed by atoms with Gasteiger partial charge in [0.05, 0.1) is 6.61 Å². The van der Waals surface area contributed by atoms with Crippen LogP contribution in [0.4, 0.5) is 0 Å². The number of nitrogens with zero attached hydrogens (tertiary/aromatic N) is 1. The molecule has 0 bridgehead atoms. The fraction of sp³-hybridized carbons (Fsp3) is 0.636. The van der Waals surface area contributed by atoms with Gasteiger partial charge in [-0.3, -0.25) is 14.3 Å². The van der Waals surface area contributed by atoms with Crippen molar-refractivity contribution < 1.29 is 19.7 Å². The summed E-state index contributed by atoms with van der Waals surface area (Å²) >= 11 is 0. The monoisotopic (exact) mass is 272 g/mol. The molecule has 1 saturated heterocycles. The number of hydrogen-bond acceptors (Lipinski definition) is 6. The summed E-state index contributed by atoms with van der Waals surface area (Å²) in [6.45, 7) is 1.13. The zero-order chi connectivity index (χ0) is 14.2. The molecule has 0 saturated carbocycles. The van der Waals surface area contributed by atoms with Crippen LogP contribution in [0.25, 0.3) is 0 Å². The molecule has 0 aliphatic carbocycles. The van der Waals surface area contributed by atoms with Crippen molar-refractivity contribution in [3.63, 3.8) is 0 Å². The van der Waals surface area contributed by atoms with E-state index in [0.717, 1.165) is 4.57 Å². The third-order valence-corrected chi connectivity index (χ3v) is 3.35. The number of aliphatic hydroxyl groups excluding tert-OH is 2. The first-order chi connectivity index (χ1) is 8.93. The first kappa shape index (κ1) is 13.9. The van der Waals surface area contributed by atoms with Crippen LogP contribution < -0.4 is 11.2 Å². The van der Waals surface area contributed by atoms with E-state index in [-0.39, 0.29) is 0 Å². The van der Waals surface area contributed by atoms with Gasteiger partial charge in [-0.1, -0.05) is 0 Å². The first-order valence-electron chi connectivity index (χ1n) is 5.76. The summed E-state index contributed by atoms with van der Waals surface area (Å²) in [6, 6.07) is 1.17. The maximum Gasteiger partial charge on any atom is 0.330 e. The van der Waals surface area contributed by atoms with E-state index in [0.29, 0.717) is 0 Å². The van der Waals surface area contributed by atoms with Gasteiger partial charge in [-0.15, -0.1) is 0 Å². The molecule has 1 fully saturated rings. The normalized spacial score (nSPS) is 34.6. The highest BCUT2D eigenvalue weighted by Crippen LogP contribution is 2.35. The number of ether oxygens (including phenoxy) is 2. The quantitative estimate of drug-likeness (QED) is 0.585. The van der Waals surface area contributed by atoms with Gasteiger partial charge in [0, 0.05) is 19.4 Å². The second kappa shape index (κ2) is 4.89. The average molecular weight is 272 g/mol. The number of aliphatic hydroxyl groups is 2. The number of aromatic amines is 1. The molecule has 1 aliphatic rings. The molecule has 3 N–H and O–H groups in total. The lowest BCUT2D eigenvalue weighted by Crippen LogP contribution is -2.50. The third kappa shape index (κ3) is 2.12. The van der Waals surface area contributed by atoms with Gasteiger partial charge in [0.2, 0.25) is 0 Å². The van der Waals surface area contributed by atoms with Gasteiger partial charge in [-0.2, -0.15) is 0 Å². The SMILES string of the molecule is CO[C@@H]1[C@H](O)[C@@H](CO)O[C@@]1(C)n1ccc(=O)[nH]c1=O. The Labute approximate surface area is 108 Å². The highest BCUT2D eigenvalue weighted by atomic mass is 16.6. The maximum absolute atomic E-state index is 11.8. The predicted molar refractivity (Wildman–Crippen MR) is 63.7 cm³/mol. The second-order valence-corrected chi connectivity index (χ2v) is 4.52. The summed E-state index contributed by atoms with van der Waals surface area (Å²) < 4.78 is 11.8. The molecule has 0 radical (unpaired) electrons. The summed E-state index contributed by atoms with van der Waals surface area (Å²) in [5, 5.41) is 19.2. The van der Waals surface area contributed by atoms with E-state index in [9.17, 15) is 14.7 Å². The Hall–Kier alpha value is -1.48. The van der Waals surface area contributed by atoms with Crippen LogP contribution in [0.15, 0.2) is 21.9 Å². The van der Waals surface area contributed by atoms with E-state index in [1.165, 1.54) is 19.4 Å². The third-order valence-electron chi connectivity index (χ3n) is 3.35. The van der Waals surface area contributed by atoms with Gasteiger partial charge in [0.1, 0.15) is 18.3 Å². The highest BCUT2D eigenvalue weighted by Gasteiger charge is 2.53. The van der Waals surface area contributed by atoms with Crippen LogP contribution in [0.3, 0.4) is 0 Å². The van der Waals surface area contributed by atoms with Crippen molar-refractivity contribution >= 4 is 0 Å². The lowest BCUT2D eigenvalue weighted by molar-refractivity contribution is -0.145. The van der Waals surface area contributed by atoms with Crippen molar-refractivity contribution in [1.29, 1.82) is 0 Å². The molecule has 1 aliphatic heterocycles. The maximum atomic E-state index is 11.8. The number of nitrogens with one attached hydrogen (secondary N) is 1. The van der Waals surface area contributed by atoms with Crippen molar-refractivity contribution in [2.75, 3.05) is 13.7 Å². The van der Waals surface area contributed by atoms with E-state index in [1.54, 1.807) is 6.92 Å². The van der Waals surface area contributed by atoms with Crippen LogP contribution >= 0.6 is 0 Å². The van der Waals surface area contributed by atoms with Crippen molar-refractivity contribution in [3.8, 4) is 0 Å². The molecule has 0 unspecified atom stereocenters. The molecule has 4 atom stereocenters. The number of H-pyrrole nitrogens is 1. The minimum Gasteiger partial charge on any atom is -0.394 e. The number of methoxy groups -OCH3 is 1. The summed E-state index contributed by atoms with van der Waals surface area (Å²) in [6.07, 6.45) is -1.54. The minimum atomic E-state index is -1.32. The van der Waals surface area contributed by atoms with E-state index in [2.05, 4.69) is 4.98 Å². The summed E-state index contributed by atoms with van der Waals surface area (Å²) in [5.41, 5.74) is -2.53. The lowest BCUT2D eigenvalue weighted by atomic mass is 10.0. The molecule has 2 rings (SSSR count). The second-order valence-electron chi connectivity index (χ2n) is 4.52. The van der Waals surface area contributed by atoms with Crippen molar-refractivity contribution in [2.45, 2.75) is 31.0 Å². The molecule has 8 nitrogen and oxygen atoms in total. The average Bonchev–Trinajstić information content (AvgIpc) is 2.60. The summed E-state index contributed by atoms with van der Waals surface area (Å²) in [5.74, 6) is 0. The van der Waals surface area contributed by atoms with Crippen LogP contribution in [0.1, 0.15) is 6.92 Å². The van der Waals surface area contributed by atoms with Crippen LogP contribution in [0, 0.1) is 0 Å². The smallest absolute Gasteiger partial charge is 0.330 e. The molecule has 0 aromatic carbocycles. The Bertz CT molecular complexity index is 567. The summed E-state index contributed by atoms with van der Waals surface area (Å²) in [7, 11) is 1.37. The van der Waals surface area contributed by atoms with Crippen molar-refractivity contribution in [3.05, 3.63) is 33.1 Å². The van der Waals surface area contributed by atoms with Crippen molar-refractivity contribution in [2.24, 2.45) is 0 Å². The lowest BCUT2D eigenvalue weighted by Gasteiger charge is -2.31. The van der Waals surface area contributed by atoms with Gasteiger partial charge >= 0.3 is 5.69 Å². The van der Waals surface area contributed by atoms with E-state index in [1.807, 2.05) is 0 Å². The standard InChI is InChI=1S/C11H16N2O6/c1-11(13-4-3-7(15)12-10(13)17)9(18-2)8(16)6(5-14)19-11/h3-4,6,8-9,14,16H,5H2,1-2H3,(H,12,15,17)/t6-,8-,9-,11-/m1/s1. The first-order valence-corrected chi connectivity index (χ1v) is 5.76. The zero-order valence-corrected chi connectivity index (χ0v) is 10.6. The number of hydrogen-bond donors (Lipinski definition) is 3. The molecule has 19 heavy (non-hydrogen) atoms. The topological polar surface area (TPSA) is 114 Å². The predicted octanol–water partition coefficient (Wildman–Crippen LogP) is -2.02. The van der Waals surface area contributed by atoms with Gasteiger partial charge in [-0.25, -0.2) is 4.79 Å². The van der Waals surface area contributed by atoms with Gasteiger partial charge < -0.3 is 19.7 Å². The number of rotatable bonds is 3. The zero-order valence-electron chi connectivity index (χ0n) is 10.6. The number of aromatic nitrogens is 2. The minimum absolute atomic E-state index is 0.408. The Balaban J connectivity index is 2.51. The molecule has 1 aromatic heterocycles. The van der Waals surface area contributed by atoms with Crippen LogP contribution in [0.2, 0.25) is 0 Å². The highest BCUT2D eigenvalue weighted by molar-refractivity contribution is 5.00. The van der Waals surface area contributed by atoms with Gasteiger partial charge in [0.25, 0.3) is 5.56 Å². The molecule has 106 valence electrons. The van der Waals surface area contributed by atoms with Crippen LogP contribution in [0.5, 0.6) is 0 Å². The van der Waals surface area contributed by atoms with E-state index < -0.39 is 41.9 Å². The Morgan fingerprint density at radius 3 is 2.79 bits per heavy atom. The van der Waals surface area contributed by atoms with E-state index in [4.69, 9.17) is 14.6 Å². The molecule has 1 aromatic rings. The molecule has 2 heterocycles. The largest absolute Gasteiger partial charge is 0.394 e. The van der Waals surface area contributed by atoms with Crippen molar-refractivity contribution in [1.82, 2.24) is 9.55 Å². The van der Waals surface area contributed by atoms with Crippen LogP contribution in [-0.2, 0) is 15.2 Å². The van der Waals surface area contributed by atoms with Gasteiger partial charge in [-0.05, 0) is 6.92 Å². The molecular formula is C11H16N2O6. The Morgan fingerprint density at radius 1 is 1.58 bits per heavy atom. The fourth-order valence-corrected chi connectivity index (χ4v) is 2.42. The summed E-state index contributed by atoms with van der Waals surface area (Å²) in [4.78, 5) is 25.0. The molecule has 0 spiro atoms.